The molecule has 1 N–H and O–H groups in total. The third-order valence-corrected chi connectivity index (χ3v) is 1.81. The quantitative estimate of drug-likeness (QED) is 0.658. The van der Waals surface area contributed by atoms with E-state index in [-0.39, 0.29) is 0 Å². The third kappa shape index (κ3) is 3.57. The maximum atomic E-state index is 4.97. The number of methoxy groups -OCH3 is 1. The molecule has 0 unspecified atom stereocenters. The predicted molar refractivity (Wildman–Crippen MR) is 51.5 cm³/mol. The van der Waals surface area contributed by atoms with Crippen LogP contribution in [-0.4, -0.2) is 30.3 Å². The fourth-order valence-electron chi connectivity index (χ4n) is 1.19. The third-order valence-electron chi connectivity index (χ3n) is 1.81. The molecule has 74 valence electrons. The number of imidazole rings is 1. The van der Waals surface area contributed by atoms with E-state index >= 15 is 0 Å². The van der Waals surface area contributed by atoms with Gasteiger partial charge in [-0.25, -0.2) is 4.98 Å². The summed E-state index contributed by atoms with van der Waals surface area (Å²) in [7, 11) is 3.64. The molecule has 1 aromatic rings. The van der Waals surface area contributed by atoms with E-state index in [4.69, 9.17) is 4.74 Å². The highest BCUT2D eigenvalue weighted by Gasteiger charge is 1.96. The monoisotopic (exact) mass is 183 g/mol. The molecule has 0 radical (unpaired) electrons. The molecule has 0 aromatic carbocycles. The summed E-state index contributed by atoms with van der Waals surface area (Å²) in [5.74, 6) is 0. The fourth-order valence-corrected chi connectivity index (χ4v) is 1.19. The molecule has 0 bridgehead atoms. The maximum absolute atomic E-state index is 4.97. The molecule has 0 aliphatic rings. The number of nitrogens with zero attached hydrogens (tertiary/aromatic N) is 2. The summed E-state index contributed by atoms with van der Waals surface area (Å²) in [6.45, 7) is 2.61. The first kappa shape index (κ1) is 10.2. The van der Waals surface area contributed by atoms with Crippen LogP contribution >= 0.6 is 0 Å². The van der Waals surface area contributed by atoms with Gasteiger partial charge in [0.2, 0.25) is 0 Å². The number of hydrogen-bond donors (Lipinski definition) is 1. The molecular weight excluding hydrogens is 166 g/mol. The summed E-state index contributed by atoms with van der Waals surface area (Å²) in [4.78, 5) is 4.24. The molecule has 0 fully saturated rings. The Hall–Kier alpha value is -0.870. The Morgan fingerprint density at radius 3 is 3.15 bits per heavy atom. The highest BCUT2D eigenvalue weighted by Crippen LogP contribution is 1.97. The predicted octanol–water partition coefficient (Wildman–Crippen LogP) is 0.639. The summed E-state index contributed by atoms with van der Waals surface area (Å²) in [5, 5.41) is 3.06. The van der Waals surface area contributed by atoms with Crippen molar-refractivity contribution in [3.63, 3.8) is 0 Å². The zero-order valence-electron chi connectivity index (χ0n) is 8.29. The van der Waals surface area contributed by atoms with E-state index in [9.17, 15) is 0 Å². The van der Waals surface area contributed by atoms with Gasteiger partial charge >= 0.3 is 0 Å². The molecule has 13 heavy (non-hydrogen) atoms. The molecular formula is C9H17N3O. The lowest BCUT2D eigenvalue weighted by Gasteiger charge is -1.99. The van der Waals surface area contributed by atoms with Crippen molar-refractivity contribution in [1.82, 2.24) is 14.9 Å². The van der Waals surface area contributed by atoms with Crippen LogP contribution in [-0.2, 0) is 17.8 Å². The van der Waals surface area contributed by atoms with E-state index in [1.807, 2.05) is 13.4 Å². The number of aryl methyl sites for hydroxylation is 1. The van der Waals surface area contributed by atoms with Crippen molar-refractivity contribution in [2.45, 2.75) is 19.5 Å². The van der Waals surface area contributed by atoms with Gasteiger partial charge in [0.25, 0.3) is 0 Å². The van der Waals surface area contributed by atoms with Crippen LogP contribution in [0.1, 0.15) is 12.1 Å². The summed E-state index contributed by atoms with van der Waals surface area (Å²) in [6.07, 6.45) is 4.96. The first-order valence-corrected chi connectivity index (χ1v) is 4.51. The Kier molecular flexibility index (Phi) is 4.49. The number of hydrogen-bond acceptors (Lipinski definition) is 3. The van der Waals surface area contributed by atoms with E-state index < -0.39 is 0 Å². The van der Waals surface area contributed by atoms with Gasteiger partial charge in [0.15, 0.2) is 0 Å². The van der Waals surface area contributed by atoms with E-state index in [0.29, 0.717) is 0 Å². The van der Waals surface area contributed by atoms with Crippen LogP contribution in [0, 0.1) is 0 Å². The van der Waals surface area contributed by atoms with E-state index in [0.717, 1.165) is 31.8 Å². The number of nitrogens with one attached hydrogen (secondary N) is 1. The van der Waals surface area contributed by atoms with E-state index in [1.54, 1.807) is 7.11 Å². The van der Waals surface area contributed by atoms with Gasteiger partial charge in [-0.15, -0.1) is 0 Å². The van der Waals surface area contributed by atoms with Gasteiger partial charge in [-0.3, -0.25) is 0 Å². The van der Waals surface area contributed by atoms with Crippen molar-refractivity contribution < 1.29 is 4.74 Å². The van der Waals surface area contributed by atoms with Crippen LogP contribution in [0.5, 0.6) is 0 Å². The second-order valence-electron chi connectivity index (χ2n) is 2.98. The lowest BCUT2D eigenvalue weighted by Crippen LogP contribution is -2.05. The Morgan fingerprint density at radius 2 is 2.46 bits per heavy atom. The molecule has 4 heteroatoms. The molecule has 0 atom stereocenters. The SMILES string of the molecule is CNCc1cn(CCCOC)cn1. The highest BCUT2D eigenvalue weighted by atomic mass is 16.5. The van der Waals surface area contributed by atoms with Crippen LogP contribution in [0.3, 0.4) is 0 Å². The minimum absolute atomic E-state index is 0.805. The molecule has 4 nitrogen and oxygen atoms in total. The average Bonchev–Trinajstić information content (AvgIpc) is 2.54. The second-order valence-corrected chi connectivity index (χ2v) is 2.98. The van der Waals surface area contributed by atoms with Gasteiger partial charge in [-0.1, -0.05) is 0 Å². The number of ether oxygens (including phenoxy) is 1. The Balaban J connectivity index is 2.31. The molecule has 0 saturated heterocycles. The fraction of sp³-hybridized carbons (Fsp3) is 0.667. The van der Waals surface area contributed by atoms with Gasteiger partial charge in [0, 0.05) is 33.0 Å². The first-order chi connectivity index (χ1) is 6.36. The molecule has 1 aromatic heterocycles. The van der Waals surface area contributed by atoms with Crippen LogP contribution in [0.2, 0.25) is 0 Å². The maximum Gasteiger partial charge on any atom is 0.0949 e. The molecule has 0 amide bonds. The van der Waals surface area contributed by atoms with E-state index in [1.165, 1.54) is 0 Å². The second kappa shape index (κ2) is 5.72. The molecule has 0 aliphatic carbocycles. The van der Waals surface area contributed by atoms with Crippen molar-refractivity contribution in [3.8, 4) is 0 Å². The lowest BCUT2D eigenvalue weighted by atomic mass is 10.4. The Labute approximate surface area is 78.9 Å². The van der Waals surface area contributed by atoms with Crippen molar-refractivity contribution in [2.75, 3.05) is 20.8 Å². The zero-order valence-corrected chi connectivity index (χ0v) is 8.29. The van der Waals surface area contributed by atoms with Crippen molar-refractivity contribution >= 4 is 0 Å². The van der Waals surface area contributed by atoms with Crippen LogP contribution in [0.4, 0.5) is 0 Å². The minimum Gasteiger partial charge on any atom is -0.385 e. The van der Waals surface area contributed by atoms with Gasteiger partial charge in [-0.05, 0) is 13.5 Å². The van der Waals surface area contributed by atoms with Crippen molar-refractivity contribution in [2.24, 2.45) is 0 Å². The van der Waals surface area contributed by atoms with Crippen LogP contribution in [0.15, 0.2) is 12.5 Å². The van der Waals surface area contributed by atoms with Crippen LogP contribution in [0.25, 0.3) is 0 Å². The van der Waals surface area contributed by atoms with Gasteiger partial charge in [0.1, 0.15) is 0 Å². The topological polar surface area (TPSA) is 39.1 Å². The normalized spacial score (nSPS) is 10.6. The minimum atomic E-state index is 0.805. The zero-order chi connectivity index (χ0) is 9.52. The Bertz CT molecular complexity index is 235. The van der Waals surface area contributed by atoms with E-state index in [2.05, 4.69) is 21.1 Å². The van der Waals surface area contributed by atoms with Gasteiger partial charge in [0.05, 0.1) is 12.0 Å². The highest BCUT2D eigenvalue weighted by molar-refractivity contribution is 4.95. The van der Waals surface area contributed by atoms with Crippen LogP contribution < -0.4 is 5.32 Å². The summed E-state index contributed by atoms with van der Waals surface area (Å²) >= 11 is 0. The largest absolute Gasteiger partial charge is 0.385 e. The lowest BCUT2D eigenvalue weighted by molar-refractivity contribution is 0.190. The average molecular weight is 183 g/mol. The smallest absolute Gasteiger partial charge is 0.0949 e. The molecule has 0 saturated carbocycles. The molecule has 0 spiro atoms. The standard InChI is InChI=1S/C9H17N3O/c1-10-6-9-7-12(8-11-9)4-3-5-13-2/h7-8,10H,3-6H2,1-2H3. The molecule has 1 rings (SSSR count). The van der Waals surface area contributed by atoms with Gasteiger partial charge in [-0.2, -0.15) is 0 Å². The number of aromatic nitrogens is 2. The summed E-state index contributed by atoms with van der Waals surface area (Å²) in [6, 6.07) is 0. The van der Waals surface area contributed by atoms with Gasteiger partial charge < -0.3 is 14.6 Å². The van der Waals surface area contributed by atoms with Crippen molar-refractivity contribution in [1.29, 1.82) is 0 Å². The number of rotatable bonds is 6. The summed E-state index contributed by atoms with van der Waals surface area (Å²) in [5.41, 5.74) is 1.08. The van der Waals surface area contributed by atoms with Crippen molar-refractivity contribution in [3.05, 3.63) is 18.2 Å². The molecule has 1 heterocycles. The Morgan fingerprint density at radius 1 is 1.62 bits per heavy atom. The summed E-state index contributed by atoms with van der Waals surface area (Å²) < 4.78 is 7.06. The molecule has 0 aliphatic heterocycles. The first-order valence-electron chi connectivity index (χ1n) is 4.51.